The van der Waals surface area contributed by atoms with E-state index in [9.17, 15) is 21.6 Å². The fraction of sp³-hybridized carbons (Fsp3) is 0.381. The molecule has 1 saturated heterocycles. The average molecular weight is 516 g/mol. The number of aryl methyl sites for hydroxylation is 1. The maximum atomic E-state index is 13.3. The fourth-order valence-corrected chi connectivity index (χ4v) is 6.32. The van der Waals surface area contributed by atoms with Gasteiger partial charge in [0.2, 0.25) is 26.0 Å². The number of methoxy groups -OCH3 is 1. The molecule has 0 spiro atoms. The van der Waals surface area contributed by atoms with E-state index in [0.29, 0.717) is 24.1 Å². The van der Waals surface area contributed by atoms with Crippen LogP contribution >= 0.6 is 11.6 Å². The van der Waals surface area contributed by atoms with E-state index in [-0.39, 0.29) is 39.6 Å². The molecule has 1 aliphatic rings. The first-order valence-corrected chi connectivity index (χ1v) is 13.5. The maximum absolute atomic E-state index is 13.3. The number of amides is 1. The van der Waals surface area contributed by atoms with Crippen molar-refractivity contribution < 1.29 is 26.4 Å². The van der Waals surface area contributed by atoms with E-state index in [0.717, 1.165) is 0 Å². The molecule has 0 bridgehead atoms. The Bertz CT molecular complexity index is 1260. The van der Waals surface area contributed by atoms with Gasteiger partial charge in [-0.25, -0.2) is 21.6 Å². The second-order valence-corrected chi connectivity index (χ2v) is 11.9. The predicted octanol–water partition coefficient (Wildman–Crippen LogP) is 2.60. The zero-order valence-corrected chi connectivity index (χ0v) is 20.8. The minimum atomic E-state index is -3.95. The molecule has 1 aliphatic heterocycles. The summed E-state index contributed by atoms with van der Waals surface area (Å²) >= 11 is 6.01. The number of ether oxygens (including phenoxy) is 1. The molecule has 33 heavy (non-hydrogen) atoms. The Morgan fingerprint density at radius 1 is 1.15 bits per heavy atom. The number of carbonyl (C=O) groups is 1. The highest BCUT2D eigenvalue weighted by Gasteiger charge is 2.35. The number of nitrogens with zero attached hydrogens (tertiary/aromatic N) is 1. The van der Waals surface area contributed by atoms with Gasteiger partial charge in [-0.3, -0.25) is 4.79 Å². The molecule has 9 nitrogen and oxygen atoms in total. The third kappa shape index (κ3) is 5.49. The number of anilines is 1. The monoisotopic (exact) mass is 515 g/mol. The molecule has 1 fully saturated rings. The molecule has 2 N–H and O–H groups in total. The summed E-state index contributed by atoms with van der Waals surface area (Å²) < 4.78 is 59.4. The van der Waals surface area contributed by atoms with Gasteiger partial charge in [0, 0.05) is 23.8 Å². The summed E-state index contributed by atoms with van der Waals surface area (Å²) in [5.74, 6) is -0.818. The summed E-state index contributed by atoms with van der Waals surface area (Å²) in [5, 5.41) is 3.02. The van der Waals surface area contributed by atoms with Gasteiger partial charge in [0.15, 0.2) is 0 Å². The van der Waals surface area contributed by atoms with Crippen molar-refractivity contribution >= 4 is 43.2 Å². The zero-order valence-electron chi connectivity index (χ0n) is 18.5. The van der Waals surface area contributed by atoms with Gasteiger partial charge < -0.3 is 10.1 Å². The summed E-state index contributed by atoms with van der Waals surface area (Å²) in [5.41, 5.74) is 1.04. The van der Waals surface area contributed by atoms with Crippen molar-refractivity contribution in [1.82, 2.24) is 9.03 Å². The SMILES string of the molecule is CNS(=O)(=O)c1ccc(C)c(NC(=O)[C@@H]2CCCN(S(=O)(=O)c3cc(Cl)ccc3OC)C2)c1. The van der Waals surface area contributed by atoms with Gasteiger partial charge >= 0.3 is 0 Å². The van der Waals surface area contributed by atoms with Crippen molar-refractivity contribution in [3.8, 4) is 5.75 Å². The number of hydrogen-bond acceptors (Lipinski definition) is 6. The van der Waals surface area contributed by atoms with Gasteiger partial charge in [0.25, 0.3) is 0 Å². The lowest BCUT2D eigenvalue weighted by atomic mass is 9.98. The van der Waals surface area contributed by atoms with Gasteiger partial charge in [-0.05, 0) is 62.7 Å². The van der Waals surface area contributed by atoms with Crippen molar-refractivity contribution in [3.63, 3.8) is 0 Å². The Labute approximate surface area is 199 Å². The first-order chi connectivity index (χ1) is 15.5. The van der Waals surface area contributed by atoms with Crippen LogP contribution in [0.15, 0.2) is 46.2 Å². The van der Waals surface area contributed by atoms with Crippen LogP contribution in [-0.4, -0.2) is 54.3 Å². The van der Waals surface area contributed by atoms with Gasteiger partial charge in [-0.1, -0.05) is 17.7 Å². The van der Waals surface area contributed by atoms with Crippen molar-refractivity contribution in [2.75, 3.05) is 32.6 Å². The normalized spacial score (nSPS) is 17.5. The van der Waals surface area contributed by atoms with Gasteiger partial charge in [-0.15, -0.1) is 0 Å². The van der Waals surface area contributed by atoms with Gasteiger partial charge in [0.1, 0.15) is 10.6 Å². The van der Waals surface area contributed by atoms with E-state index in [1.807, 2.05) is 0 Å². The molecule has 0 aromatic heterocycles. The highest BCUT2D eigenvalue weighted by atomic mass is 35.5. The van der Waals surface area contributed by atoms with Gasteiger partial charge in [0.05, 0.1) is 17.9 Å². The standard InChI is InChI=1S/C21H26ClN3O6S2/c1-14-6-8-17(32(27,28)23-2)12-18(14)24-21(26)15-5-4-10-25(13-15)33(29,30)20-11-16(22)7-9-19(20)31-3/h6-9,11-12,15,23H,4-5,10,13H2,1-3H3,(H,24,26)/t15-/m1/s1. The lowest BCUT2D eigenvalue weighted by Crippen LogP contribution is -2.43. The van der Waals surface area contributed by atoms with Crippen molar-refractivity contribution in [2.45, 2.75) is 29.6 Å². The lowest BCUT2D eigenvalue weighted by molar-refractivity contribution is -0.120. The van der Waals surface area contributed by atoms with Crippen LogP contribution in [0.25, 0.3) is 0 Å². The van der Waals surface area contributed by atoms with Crippen molar-refractivity contribution in [2.24, 2.45) is 5.92 Å². The van der Waals surface area contributed by atoms with E-state index in [2.05, 4.69) is 10.0 Å². The average Bonchev–Trinajstić information content (AvgIpc) is 2.80. The Hall–Kier alpha value is -2.18. The number of hydrogen-bond donors (Lipinski definition) is 2. The van der Waals surface area contributed by atoms with Crippen molar-refractivity contribution in [3.05, 3.63) is 47.0 Å². The summed E-state index contributed by atoms with van der Waals surface area (Å²) in [6.45, 7) is 1.99. The largest absolute Gasteiger partial charge is 0.495 e. The molecule has 2 aromatic carbocycles. The number of halogens is 1. The topological polar surface area (TPSA) is 122 Å². The molecule has 1 heterocycles. The number of rotatable bonds is 7. The molecule has 2 aromatic rings. The second kappa shape index (κ2) is 9.98. The molecular weight excluding hydrogens is 490 g/mol. The molecular formula is C21H26ClN3O6S2. The first kappa shape index (κ1) is 25.4. The van der Waals surface area contributed by atoms with Crippen LogP contribution in [0.4, 0.5) is 5.69 Å². The van der Waals surface area contributed by atoms with Crippen LogP contribution in [0.5, 0.6) is 5.75 Å². The third-order valence-corrected chi connectivity index (χ3v) is 9.08. The van der Waals surface area contributed by atoms with Gasteiger partial charge in [-0.2, -0.15) is 4.31 Å². The fourth-order valence-electron chi connectivity index (χ4n) is 3.62. The minimum Gasteiger partial charge on any atom is -0.495 e. The first-order valence-electron chi connectivity index (χ1n) is 10.2. The highest BCUT2D eigenvalue weighted by Crippen LogP contribution is 2.32. The Morgan fingerprint density at radius 3 is 2.55 bits per heavy atom. The molecule has 180 valence electrons. The molecule has 1 amide bonds. The van der Waals surface area contributed by atoms with Crippen LogP contribution in [0.2, 0.25) is 5.02 Å². The number of piperidine rings is 1. The van der Waals surface area contributed by atoms with E-state index in [1.165, 1.54) is 48.8 Å². The van der Waals surface area contributed by atoms with E-state index >= 15 is 0 Å². The quantitative estimate of drug-likeness (QED) is 0.584. The van der Waals surface area contributed by atoms with Crippen LogP contribution in [0.3, 0.4) is 0 Å². The number of nitrogens with one attached hydrogen (secondary N) is 2. The molecule has 1 atom stereocenters. The molecule has 3 rings (SSSR count). The van der Waals surface area contributed by atoms with Crippen molar-refractivity contribution in [1.29, 1.82) is 0 Å². The van der Waals surface area contributed by atoms with Crippen LogP contribution in [-0.2, 0) is 24.8 Å². The highest BCUT2D eigenvalue weighted by molar-refractivity contribution is 7.89. The molecule has 0 radical (unpaired) electrons. The molecule has 12 heteroatoms. The summed E-state index contributed by atoms with van der Waals surface area (Å²) in [6, 6.07) is 8.78. The third-order valence-electron chi connectivity index (χ3n) is 5.54. The second-order valence-electron chi connectivity index (χ2n) is 7.67. The van der Waals surface area contributed by atoms with E-state index < -0.39 is 26.0 Å². The summed E-state index contributed by atoms with van der Waals surface area (Å²) in [7, 11) is -4.95. The Kier molecular flexibility index (Phi) is 7.69. The number of carbonyl (C=O) groups excluding carboxylic acids is 1. The maximum Gasteiger partial charge on any atom is 0.246 e. The number of benzene rings is 2. The van der Waals surface area contributed by atoms with Crippen LogP contribution in [0.1, 0.15) is 18.4 Å². The smallest absolute Gasteiger partial charge is 0.246 e. The van der Waals surface area contributed by atoms with Crippen LogP contribution < -0.4 is 14.8 Å². The Morgan fingerprint density at radius 2 is 1.88 bits per heavy atom. The summed E-state index contributed by atoms with van der Waals surface area (Å²) in [6.07, 6.45) is 0.992. The number of sulfonamides is 2. The zero-order chi connectivity index (χ0) is 24.4. The molecule has 0 aliphatic carbocycles. The van der Waals surface area contributed by atoms with E-state index in [1.54, 1.807) is 13.0 Å². The predicted molar refractivity (Wildman–Crippen MR) is 126 cm³/mol. The lowest BCUT2D eigenvalue weighted by Gasteiger charge is -2.31. The summed E-state index contributed by atoms with van der Waals surface area (Å²) in [4.78, 5) is 13.0. The van der Waals surface area contributed by atoms with E-state index in [4.69, 9.17) is 16.3 Å². The minimum absolute atomic E-state index is 0.0165. The molecule has 0 saturated carbocycles. The molecule has 0 unspecified atom stereocenters. The Balaban J connectivity index is 1.82. The van der Waals surface area contributed by atoms with Crippen LogP contribution in [0, 0.1) is 12.8 Å².